The van der Waals surface area contributed by atoms with Crippen molar-refractivity contribution in [3.8, 4) is 34.5 Å². The van der Waals surface area contributed by atoms with Gasteiger partial charge in [-0.3, -0.25) is 0 Å². The lowest BCUT2D eigenvalue weighted by molar-refractivity contribution is -0.274. The van der Waals surface area contributed by atoms with Gasteiger partial charge in [0.05, 0.1) is 41.7 Å². The highest BCUT2D eigenvalue weighted by molar-refractivity contribution is 5.64. The van der Waals surface area contributed by atoms with Crippen LogP contribution in [0.15, 0.2) is 18.2 Å². The first-order valence-corrected chi connectivity index (χ1v) is 12.5. The van der Waals surface area contributed by atoms with Gasteiger partial charge in [-0.05, 0) is 47.6 Å². The molecule has 0 aromatic heterocycles. The first kappa shape index (κ1) is 29.0. The Hall–Kier alpha value is -3.00. The van der Waals surface area contributed by atoms with Gasteiger partial charge in [0.1, 0.15) is 18.3 Å². The van der Waals surface area contributed by atoms with E-state index in [1.54, 1.807) is 18.2 Å². The normalized spacial score (nSPS) is 28.5. The molecule has 0 radical (unpaired) electrons. The van der Waals surface area contributed by atoms with E-state index in [0.717, 1.165) is 5.56 Å². The predicted octanol–water partition coefficient (Wildman–Crippen LogP) is 0.500. The molecule has 1 aliphatic heterocycles. The summed E-state index contributed by atoms with van der Waals surface area (Å²) in [5.41, 5.74) is 1.99. The lowest BCUT2D eigenvalue weighted by atomic mass is 9.66. The number of aliphatic hydroxyl groups excluding tert-OH is 4. The van der Waals surface area contributed by atoms with E-state index in [1.807, 2.05) is 0 Å². The maximum Gasteiger partial charge on any atom is 0.201 e. The summed E-state index contributed by atoms with van der Waals surface area (Å²) in [5, 5.41) is 62.3. The zero-order valence-corrected chi connectivity index (χ0v) is 22.2. The van der Waals surface area contributed by atoms with Gasteiger partial charge in [-0.25, -0.2) is 0 Å². The number of aromatic hydroxyl groups is 2. The molecular weight excluding hydrogens is 516 g/mol. The van der Waals surface area contributed by atoms with Crippen LogP contribution in [0.4, 0.5) is 0 Å². The largest absolute Gasteiger partial charge is 0.502 e. The van der Waals surface area contributed by atoms with Crippen LogP contribution < -0.4 is 18.9 Å². The van der Waals surface area contributed by atoms with E-state index in [4.69, 9.17) is 28.4 Å². The molecule has 0 amide bonds. The molecule has 39 heavy (non-hydrogen) atoms. The van der Waals surface area contributed by atoms with Gasteiger partial charge in [-0.1, -0.05) is 0 Å². The zero-order chi connectivity index (χ0) is 28.4. The maximum absolute atomic E-state index is 11.0. The SMILES string of the molecule is COc1cc([C@@H]2c3c(cc(OC)c(O)c3OC)C[C@H](CO)[C@@H]2CO[C@@H]2OC[C@H](O)[C@@H](O)[C@H]2O)cc(OC)c1O. The number of ether oxygens (including phenoxy) is 6. The third-order valence-electron chi connectivity index (χ3n) is 7.60. The van der Waals surface area contributed by atoms with E-state index in [2.05, 4.69) is 0 Å². The molecule has 2 aromatic carbocycles. The topological polar surface area (TPSA) is 177 Å². The average Bonchev–Trinajstić information content (AvgIpc) is 2.94. The Labute approximate surface area is 225 Å². The lowest BCUT2D eigenvalue weighted by Crippen LogP contribution is -2.54. The minimum Gasteiger partial charge on any atom is -0.502 e. The van der Waals surface area contributed by atoms with Crippen LogP contribution >= 0.6 is 0 Å². The molecule has 2 aliphatic rings. The van der Waals surface area contributed by atoms with Gasteiger partial charge < -0.3 is 59.1 Å². The van der Waals surface area contributed by atoms with E-state index >= 15 is 0 Å². The molecule has 0 unspecified atom stereocenters. The highest BCUT2D eigenvalue weighted by Crippen LogP contribution is 2.54. The third kappa shape index (κ3) is 5.28. The molecule has 216 valence electrons. The van der Waals surface area contributed by atoms with Gasteiger partial charge in [0.2, 0.25) is 11.5 Å². The van der Waals surface area contributed by atoms with Gasteiger partial charge in [-0.2, -0.15) is 0 Å². The van der Waals surface area contributed by atoms with E-state index in [-0.39, 0.29) is 60.2 Å². The third-order valence-corrected chi connectivity index (χ3v) is 7.60. The number of hydrogen-bond donors (Lipinski definition) is 6. The molecule has 6 N–H and O–H groups in total. The Morgan fingerprint density at radius 2 is 1.46 bits per heavy atom. The number of methoxy groups -OCH3 is 4. The van der Waals surface area contributed by atoms with Crippen molar-refractivity contribution in [2.24, 2.45) is 11.8 Å². The summed E-state index contributed by atoms with van der Waals surface area (Å²) < 4.78 is 33.2. The highest BCUT2D eigenvalue weighted by atomic mass is 16.7. The smallest absolute Gasteiger partial charge is 0.201 e. The predicted molar refractivity (Wildman–Crippen MR) is 136 cm³/mol. The van der Waals surface area contributed by atoms with Crippen molar-refractivity contribution < 1.29 is 59.1 Å². The monoisotopic (exact) mass is 552 g/mol. The van der Waals surface area contributed by atoms with Crippen molar-refractivity contribution in [3.63, 3.8) is 0 Å². The number of rotatable bonds is 9. The molecule has 1 aliphatic carbocycles. The molecule has 0 saturated carbocycles. The van der Waals surface area contributed by atoms with Crippen molar-refractivity contribution in [1.82, 2.24) is 0 Å². The second kappa shape index (κ2) is 12.0. The Bertz CT molecular complexity index is 1130. The lowest BCUT2D eigenvalue weighted by Gasteiger charge is -2.42. The summed E-state index contributed by atoms with van der Waals surface area (Å²) in [5.74, 6) is -1.16. The number of aliphatic hydroxyl groups is 4. The Morgan fingerprint density at radius 1 is 0.846 bits per heavy atom. The van der Waals surface area contributed by atoms with Gasteiger partial charge in [0.25, 0.3) is 0 Å². The van der Waals surface area contributed by atoms with Crippen molar-refractivity contribution in [2.45, 2.75) is 36.9 Å². The number of hydrogen-bond acceptors (Lipinski definition) is 12. The Morgan fingerprint density at radius 3 is 2.03 bits per heavy atom. The fourth-order valence-corrected chi connectivity index (χ4v) is 5.55. The first-order valence-electron chi connectivity index (χ1n) is 12.5. The summed E-state index contributed by atoms with van der Waals surface area (Å²) in [6.07, 6.45) is -5.04. The molecule has 12 heteroatoms. The van der Waals surface area contributed by atoms with E-state index in [9.17, 15) is 30.6 Å². The molecule has 0 spiro atoms. The van der Waals surface area contributed by atoms with Crippen LogP contribution in [-0.2, 0) is 15.9 Å². The zero-order valence-electron chi connectivity index (χ0n) is 22.2. The molecule has 1 fully saturated rings. The van der Waals surface area contributed by atoms with Crippen LogP contribution in [0.2, 0.25) is 0 Å². The average molecular weight is 553 g/mol. The van der Waals surface area contributed by atoms with Crippen LogP contribution in [0.25, 0.3) is 0 Å². The van der Waals surface area contributed by atoms with Crippen molar-refractivity contribution in [3.05, 3.63) is 34.9 Å². The summed E-state index contributed by atoms with van der Waals surface area (Å²) in [7, 11) is 5.66. The summed E-state index contributed by atoms with van der Waals surface area (Å²) in [6, 6.07) is 4.96. The Balaban J connectivity index is 1.86. The van der Waals surface area contributed by atoms with Crippen LogP contribution in [0, 0.1) is 11.8 Å². The summed E-state index contributed by atoms with van der Waals surface area (Å²) >= 11 is 0. The van der Waals surface area contributed by atoms with Crippen molar-refractivity contribution >= 4 is 0 Å². The number of phenols is 2. The standard InChI is InChI=1S/C27H36O12/c1-34-17-7-13(8-18(35-2)23(17)31)20-15(10-38-27-25(33)22(30)16(29)11-39-27)14(9-28)5-12-6-19(36-3)24(32)26(37-4)21(12)20/h6-8,14-16,20,22,25,27-33H,5,9-11H2,1-4H3/t14-,15+,16+,20+,22-,25-,27-/m1/s1. The maximum atomic E-state index is 11.0. The second-order valence-electron chi connectivity index (χ2n) is 9.68. The quantitative estimate of drug-likeness (QED) is 0.254. The number of phenolic OH excluding ortho intramolecular Hbond substituents is 2. The molecular formula is C27H36O12. The minimum absolute atomic E-state index is 0.0542. The second-order valence-corrected chi connectivity index (χ2v) is 9.68. The molecule has 1 saturated heterocycles. The van der Waals surface area contributed by atoms with Gasteiger partial charge >= 0.3 is 0 Å². The first-order chi connectivity index (χ1) is 18.7. The fourth-order valence-electron chi connectivity index (χ4n) is 5.55. The molecule has 2 aromatic rings. The molecule has 12 nitrogen and oxygen atoms in total. The highest BCUT2D eigenvalue weighted by Gasteiger charge is 2.44. The number of benzene rings is 2. The molecule has 1 heterocycles. The van der Waals surface area contributed by atoms with E-state index in [0.29, 0.717) is 17.5 Å². The summed E-state index contributed by atoms with van der Waals surface area (Å²) in [6.45, 7) is -0.504. The number of fused-ring (bicyclic) bond motifs is 1. The molecule has 4 rings (SSSR count). The molecule has 0 bridgehead atoms. The van der Waals surface area contributed by atoms with Crippen molar-refractivity contribution in [2.75, 3.05) is 48.3 Å². The van der Waals surface area contributed by atoms with Gasteiger partial charge in [0.15, 0.2) is 29.3 Å². The summed E-state index contributed by atoms with van der Waals surface area (Å²) in [4.78, 5) is 0. The van der Waals surface area contributed by atoms with Crippen LogP contribution in [0.3, 0.4) is 0 Å². The van der Waals surface area contributed by atoms with Gasteiger partial charge in [0, 0.05) is 18.1 Å². The fraction of sp³-hybridized carbons (Fsp3) is 0.556. The van der Waals surface area contributed by atoms with Crippen LogP contribution in [0.5, 0.6) is 34.5 Å². The van der Waals surface area contributed by atoms with Crippen LogP contribution in [-0.4, -0.2) is 104 Å². The van der Waals surface area contributed by atoms with E-state index < -0.39 is 36.4 Å². The van der Waals surface area contributed by atoms with Crippen LogP contribution in [0.1, 0.15) is 22.6 Å². The molecule has 7 atom stereocenters. The minimum atomic E-state index is -1.49. The Kier molecular flexibility index (Phi) is 8.94. The van der Waals surface area contributed by atoms with Crippen molar-refractivity contribution in [1.29, 1.82) is 0 Å². The van der Waals surface area contributed by atoms with Gasteiger partial charge in [-0.15, -0.1) is 0 Å². The van der Waals surface area contributed by atoms with E-state index in [1.165, 1.54) is 28.4 Å².